The van der Waals surface area contributed by atoms with Crippen molar-refractivity contribution in [3.8, 4) is 0 Å². The number of nitrogens with one attached hydrogen (secondary N) is 1. The van der Waals surface area contributed by atoms with Gasteiger partial charge in [-0.3, -0.25) is 9.97 Å². The molecule has 1 N–H and O–H groups in total. The molecule has 0 spiro atoms. The highest BCUT2D eigenvalue weighted by Gasteiger charge is 2.40. The van der Waals surface area contributed by atoms with Gasteiger partial charge in [-0.05, 0) is 70.1 Å². The molecule has 1 fully saturated rings. The van der Waals surface area contributed by atoms with Gasteiger partial charge in [0.1, 0.15) is 0 Å². The molecule has 25 heavy (non-hydrogen) atoms. The van der Waals surface area contributed by atoms with E-state index in [-0.39, 0.29) is 12.1 Å². The number of nitrogens with zero attached hydrogens (tertiary/aromatic N) is 3. The van der Waals surface area contributed by atoms with E-state index in [9.17, 15) is 0 Å². The van der Waals surface area contributed by atoms with Crippen LogP contribution in [0.2, 0.25) is 0 Å². The van der Waals surface area contributed by atoms with E-state index in [1.165, 1.54) is 10.4 Å². The van der Waals surface area contributed by atoms with Crippen LogP contribution in [0.4, 0.5) is 0 Å². The summed E-state index contributed by atoms with van der Waals surface area (Å²) >= 11 is 11.0. The van der Waals surface area contributed by atoms with Gasteiger partial charge in [0.05, 0.1) is 21.6 Å². The van der Waals surface area contributed by atoms with Crippen molar-refractivity contribution in [2.75, 3.05) is 0 Å². The van der Waals surface area contributed by atoms with Gasteiger partial charge in [-0.15, -0.1) is 11.3 Å². The van der Waals surface area contributed by atoms with Crippen LogP contribution in [0.1, 0.15) is 28.2 Å². The maximum absolute atomic E-state index is 5.66. The van der Waals surface area contributed by atoms with Gasteiger partial charge in [-0.25, -0.2) is 0 Å². The molecule has 1 aliphatic rings. The molecule has 0 aliphatic carbocycles. The highest BCUT2D eigenvalue weighted by Crippen LogP contribution is 2.42. The average molecular weight is 431 g/mol. The number of rotatable bonds is 4. The molecule has 4 rings (SSSR count). The summed E-state index contributed by atoms with van der Waals surface area (Å²) in [5.74, 6) is 0. The van der Waals surface area contributed by atoms with Crippen molar-refractivity contribution >= 4 is 44.6 Å². The van der Waals surface area contributed by atoms with Gasteiger partial charge in [-0.2, -0.15) is 0 Å². The third-order valence-corrected chi connectivity index (χ3v) is 6.23. The van der Waals surface area contributed by atoms with Crippen molar-refractivity contribution in [2.24, 2.45) is 0 Å². The number of hydrogen-bond acceptors (Lipinski definition) is 4. The Morgan fingerprint density at radius 3 is 2.64 bits per heavy atom. The van der Waals surface area contributed by atoms with Gasteiger partial charge in [-0.1, -0.05) is 6.07 Å². The normalized spacial score (nSPS) is 19.9. The maximum Gasteiger partial charge on any atom is 0.170 e. The molecule has 1 aliphatic heterocycles. The third kappa shape index (κ3) is 3.44. The molecule has 0 bridgehead atoms. The molecular weight excluding hydrogens is 416 g/mol. The molecule has 3 aromatic heterocycles. The molecule has 7 heteroatoms. The number of thiocarbonyl (C=S) groups is 1. The predicted molar refractivity (Wildman–Crippen MR) is 107 cm³/mol. The molecule has 4 heterocycles. The number of aromatic nitrogens is 2. The SMILES string of the molecule is S=C1NC(c2ccccn2)C(c2ccc(Br)s2)N1Cc1ccncc1. The van der Waals surface area contributed by atoms with Crippen LogP contribution in [-0.4, -0.2) is 20.0 Å². The first kappa shape index (κ1) is 16.6. The molecule has 0 amide bonds. The molecule has 0 radical (unpaired) electrons. The molecule has 2 atom stereocenters. The van der Waals surface area contributed by atoms with Gasteiger partial charge in [0.15, 0.2) is 5.11 Å². The second kappa shape index (κ2) is 7.19. The van der Waals surface area contributed by atoms with Crippen molar-refractivity contribution in [3.63, 3.8) is 0 Å². The molecule has 4 nitrogen and oxygen atoms in total. The van der Waals surface area contributed by atoms with Crippen molar-refractivity contribution in [3.05, 3.63) is 81.0 Å². The number of halogens is 1. The smallest absolute Gasteiger partial charge is 0.170 e. The van der Waals surface area contributed by atoms with Crippen LogP contribution in [0.25, 0.3) is 0 Å². The Morgan fingerprint density at radius 1 is 1.12 bits per heavy atom. The summed E-state index contributed by atoms with van der Waals surface area (Å²) in [6.07, 6.45) is 5.46. The Morgan fingerprint density at radius 2 is 1.96 bits per heavy atom. The van der Waals surface area contributed by atoms with Crippen LogP contribution in [0.5, 0.6) is 0 Å². The topological polar surface area (TPSA) is 41.1 Å². The largest absolute Gasteiger partial charge is 0.352 e. The summed E-state index contributed by atoms with van der Waals surface area (Å²) in [4.78, 5) is 12.1. The summed E-state index contributed by atoms with van der Waals surface area (Å²) in [6.45, 7) is 0.734. The summed E-state index contributed by atoms with van der Waals surface area (Å²) in [7, 11) is 0. The van der Waals surface area contributed by atoms with E-state index in [0.29, 0.717) is 0 Å². The van der Waals surface area contributed by atoms with E-state index >= 15 is 0 Å². The molecular formula is C18H15BrN4S2. The van der Waals surface area contributed by atoms with E-state index in [4.69, 9.17) is 12.2 Å². The molecule has 126 valence electrons. The predicted octanol–water partition coefficient (Wildman–Crippen LogP) is 4.47. The highest BCUT2D eigenvalue weighted by atomic mass is 79.9. The van der Waals surface area contributed by atoms with Crippen molar-refractivity contribution in [1.29, 1.82) is 0 Å². The van der Waals surface area contributed by atoms with Gasteiger partial charge in [0, 0.05) is 30.0 Å². The highest BCUT2D eigenvalue weighted by molar-refractivity contribution is 9.11. The third-order valence-electron chi connectivity index (χ3n) is 4.19. The van der Waals surface area contributed by atoms with Crippen LogP contribution in [0.3, 0.4) is 0 Å². The second-order valence-corrected chi connectivity index (χ2v) is 8.63. The molecule has 3 aromatic rings. The zero-order valence-corrected chi connectivity index (χ0v) is 16.4. The van der Waals surface area contributed by atoms with E-state index in [0.717, 1.165) is 21.1 Å². The minimum atomic E-state index is 0.0288. The Kier molecular flexibility index (Phi) is 4.78. The summed E-state index contributed by atoms with van der Waals surface area (Å²) < 4.78 is 1.11. The quantitative estimate of drug-likeness (QED) is 0.618. The zero-order valence-electron chi connectivity index (χ0n) is 13.2. The lowest BCUT2D eigenvalue weighted by molar-refractivity contribution is 0.315. The van der Waals surface area contributed by atoms with Gasteiger partial charge in [0.2, 0.25) is 0 Å². The summed E-state index contributed by atoms with van der Waals surface area (Å²) in [6, 6.07) is 14.4. The number of thiophene rings is 1. The van der Waals surface area contributed by atoms with Crippen LogP contribution in [-0.2, 0) is 6.54 Å². The first-order valence-corrected chi connectivity index (χ1v) is 9.86. The minimum Gasteiger partial charge on any atom is -0.352 e. The van der Waals surface area contributed by atoms with Crippen molar-refractivity contribution in [2.45, 2.75) is 18.6 Å². The van der Waals surface area contributed by atoms with E-state index < -0.39 is 0 Å². The fourth-order valence-electron chi connectivity index (χ4n) is 3.06. The number of hydrogen-bond donors (Lipinski definition) is 1. The van der Waals surface area contributed by atoms with Gasteiger partial charge in [0.25, 0.3) is 0 Å². The molecule has 1 saturated heterocycles. The van der Waals surface area contributed by atoms with Crippen LogP contribution >= 0.6 is 39.5 Å². The Labute approximate surface area is 164 Å². The van der Waals surface area contributed by atoms with Crippen LogP contribution in [0, 0.1) is 0 Å². The lowest BCUT2D eigenvalue weighted by Crippen LogP contribution is -2.28. The average Bonchev–Trinajstić information content (AvgIpc) is 3.20. The van der Waals surface area contributed by atoms with Crippen molar-refractivity contribution < 1.29 is 0 Å². The summed E-state index contributed by atoms with van der Waals surface area (Å²) in [5, 5.41) is 4.22. The van der Waals surface area contributed by atoms with Gasteiger partial charge < -0.3 is 10.2 Å². The van der Waals surface area contributed by atoms with Crippen molar-refractivity contribution in [1.82, 2.24) is 20.2 Å². The lowest BCUT2D eigenvalue weighted by atomic mass is 10.0. The lowest BCUT2D eigenvalue weighted by Gasteiger charge is -2.26. The fourth-order valence-corrected chi connectivity index (χ4v) is 4.94. The first-order chi connectivity index (χ1) is 12.2. The molecule has 2 unspecified atom stereocenters. The zero-order chi connectivity index (χ0) is 17.2. The standard InChI is InChI=1S/C18H15BrN4S2/c19-15-5-4-14(25-15)17-16(13-3-1-2-8-21-13)22-18(24)23(17)11-12-6-9-20-10-7-12/h1-10,16-17H,11H2,(H,22,24). The van der Waals surface area contributed by atoms with E-state index in [2.05, 4.69) is 48.2 Å². The fraction of sp³-hybridized carbons (Fsp3) is 0.167. The second-order valence-electron chi connectivity index (χ2n) is 5.75. The van der Waals surface area contributed by atoms with E-state index in [1.807, 2.05) is 48.9 Å². The molecule has 0 saturated carbocycles. The van der Waals surface area contributed by atoms with E-state index in [1.54, 1.807) is 11.3 Å². The Hall–Kier alpha value is -1.83. The molecule has 0 aromatic carbocycles. The monoisotopic (exact) mass is 430 g/mol. The minimum absolute atomic E-state index is 0.0288. The number of pyridine rings is 2. The maximum atomic E-state index is 5.66. The Balaban J connectivity index is 1.72. The Bertz CT molecular complexity index is 869. The van der Waals surface area contributed by atoms with Crippen LogP contribution in [0.15, 0.2) is 64.8 Å². The van der Waals surface area contributed by atoms with Gasteiger partial charge >= 0.3 is 0 Å². The van der Waals surface area contributed by atoms with Crippen LogP contribution < -0.4 is 5.32 Å². The first-order valence-electron chi connectivity index (χ1n) is 7.84. The summed E-state index contributed by atoms with van der Waals surface area (Å²) in [5.41, 5.74) is 2.18.